The smallest absolute Gasteiger partial charge is 0.324 e. The van der Waals surface area contributed by atoms with Gasteiger partial charge in [0.15, 0.2) is 22.3 Å². The summed E-state index contributed by atoms with van der Waals surface area (Å²) in [5, 5.41) is 17.9. The van der Waals surface area contributed by atoms with E-state index < -0.39 is 83.9 Å². The maximum absolute atomic E-state index is 14.1. The number of imide groups is 2. The first-order valence-electron chi connectivity index (χ1n) is 10.2. The van der Waals surface area contributed by atoms with Gasteiger partial charge in [-0.05, 0) is 36.4 Å². The molecule has 0 aromatic heterocycles. The highest BCUT2D eigenvalue weighted by Gasteiger charge is 2.43. The number of halogens is 4. The SMILES string of the molecule is O=C1c2ccc(Oc3ccc4c(c3)C(=O)N(OS(=O)(=O)c3c(F)c(F)c(O)c(F)c3F)C4=O)cc2C(=O)N1O. The molecule has 39 heavy (non-hydrogen) atoms. The Hall–Kier alpha value is -4.87. The molecule has 200 valence electrons. The van der Waals surface area contributed by atoms with Crippen molar-refractivity contribution < 1.29 is 64.5 Å². The lowest BCUT2D eigenvalue weighted by Crippen LogP contribution is -2.33. The van der Waals surface area contributed by atoms with Gasteiger partial charge in [-0.2, -0.15) is 17.2 Å². The number of rotatable bonds is 5. The number of phenols is 1. The van der Waals surface area contributed by atoms with E-state index in [-0.39, 0.29) is 27.7 Å². The largest absolute Gasteiger partial charge is 0.503 e. The van der Waals surface area contributed by atoms with Gasteiger partial charge in [0.25, 0.3) is 23.6 Å². The third-order valence-electron chi connectivity index (χ3n) is 5.52. The molecule has 3 aromatic rings. The topological polar surface area (TPSA) is 168 Å². The van der Waals surface area contributed by atoms with Crippen LogP contribution < -0.4 is 4.74 Å². The van der Waals surface area contributed by atoms with Crippen LogP contribution in [0.1, 0.15) is 41.4 Å². The third-order valence-corrected chi connectivity index (χ3v) is 6.72. The van der Waals surface area contributed by atoms with E-state index in [0.717, 1.165) is 24.3 Å². The van der Waals surface area contributed by atoms with Gasteiger partial charge in [-0.3, -0.25) is 24.4 Å². The number of carbonyl (C=O) groups is 4. The lowest BCUT2D eigenvalue weighted by molar-refractivity contribution is -0.0327. The van der Waals surface area contributed by atoms with Crippen molar-refractivity contribution in [3.63, 3.8) is 0 Å². The molecule has 0 bridgehead atoms. The summed E-state index contributed by atoms with van der Waals surface area (Å²) in [5.74, 6) is -17.3. The Balaban J connectivity index is 1.43. The zero-order valence-electron chi connectivity index (χ0n) is 18.4. The number of benzene rings is 3. The number of nitrogens with zero attached hydrogens (tertiary/aromatic N) is 2. The van der Waals surface area contributed by atoms with Gasteiger partial charge < -0.3 is 9.84 Å². The second-order valence-electron chi connectivity index (χ2n) is 7.81. The summed E-state index contributed by atoms with van der Waals surface area (Å²) < 4.78 is 89.9. The van der Waals surface area contributed by atoms with E-state index in [4.69, 9.17) is 9.84 Å². The van der Waals surface area contributed by atoms with Crippen LogP contribution in [0.4, 0.5) is 17.6 Å². The molecule has 17 heteroatoms. The van der Waals surface area contributed by atoms with Crippen LogP contribution in [-0.4, -0.2) is 52.5 Å². The first-order chi connectivity index (χ1) is 18.2. The second-order valence-corrected chi connectivity index (χ2v) is 9.27. The Labute approximate surface area is 212 Å². The molecule has 2 aliphatic rings. The highest BCUT2D eigenvalue weighted by atomic mass is 32.2. The molecular weight excluding hydrogens is 560 g/mol. The summed E-state index contributed by atoms with van der Waals surface area (Å²) in [6, 6.07) is 6.57. The maximum atomic E-state index is 14.1. The van der Waals surface area contributed by atoms with E-state index in [0.29, 0.717) is 0 Å². The standard InChI is InChI=1S/C22H8F4N2O10S/c23-13-15(25)18(16(26)14(24)17(13)29)39(35,36)38-28-21(32)10-4-2-8(6-12(10)22(28)33)37-7-1-3-9-11(5-7)20(31)27(34)19(9)30/h1-6,29,34H. The van der Waals surface area contributed by atoms with Crippen LogP contribution in [0, 0.1) is 23.3 Å². The Kier molecular flexibility index (Phi) is 5.67. The van der Waals surface area contributed by atoms with Crippen molar-refractivity contribution >= 4 is 33.7 Å². The van der Waals surface area contributed by atoms with Crippen LogP contribution >= 0.6 is 0 Å². The molecule has 0 saturated carbocycles. The number of phenolic OH excluding ortho intramolecular Hbond substituents is 1. The minimum absolute atomic E-state index is 0.0556. The fourth-order valence-corrected chi connectivity index (χ4v) is 4.72. The molecule has 0 radical (unpaired) electrons. The van der Waals surface area contributed by atoms with Crippen LogP contribution in [-0.2, 0) is 14.4 Å². The zero-order valence-corrected chi connectivity index (χ0v) is 19.3. The van der Waals surface area contributed by atoms with E-state index in [1.807, 2.05) is 0 Å². The van der Waals surface area contributed by atoms with E-state index in [9.17, 15) is 50.4 Å². The lowest BCUT2D eigenvalue weighted by Gasteiger charge is -2.14. The molecule has 5 rings (SSSR count). The first-order valence-corrected chi connectivity index (χ1v) is 11.6. The molecule has 0 saturated heterocycles. The minimum atomic E-state index is -5.90. The molecule has 3 aromatic carbocycles. The molecule has 12 nitrogen and oxygen atoms in total. The van der Waals surface area contributed by atoms with Crippen LogP contribution in [0.5, 0.6) is 17.2 Å². The van der Waals surface area contributed by atoms with Gasteiger partial charge in [0, 0.05) is 0 Å². The lowest BCUT2D eigenvalue weighted by atomic mass is 10.1. The van der Waals surface area contributed by atoms with Crippen molar-refractivity contribution in [1.82, 2.24) is 10.1 Å². The van der Waals surface area contributed by atoms with Gasteiger partial charge in [0.1, 0.15) is 11.5 Å². The quantitative estimate of drug-likeness (QED) is 0.202. The predicted octanol–water partition coefficient (Wildman–Crippen LogP) is 2.64. The van der Waals surface area contributed by atoms with Crippen molar-refractivity contribution in [2.75, 3.05) is 0 Å². The summed E-state index contributed by atoms with van der Waals surface area (Å²) in [6.07, 6.45) is 0. The number of hydrogen-bond acceptors (Lipinski definition) is 10. The van der Waals surface area contributed by atoms with E-state index in [1.165, 1.54) is 12.1 Å². The molecule has 2 heterocycles. The molecule has 0 fully saturated rings. The highest BCUT2D eigenvalue weighted by Crippen LogP contribution is 2.35. The van der Waals surface area contributed by atoms with Crippen LogP contribution in [0.25, 0.3) is 0 Å². The van der Waals surface area contributed by atoms with E-state index in [1.54, 1.807) is 0 Å². The average molecular weight is 568 g/mol. The average Bonchev–Trinajstić information content (AvgIpc) is 3.25. The molecule has 0 aliphatic carbocycles. The molecule has 0 atom stereocenters. The van der Waals surface area contributed by atoms with Crippen molar-refractivity contribution in [2.45, 2.75) is 4.90 Å². The summed E-state index contributed by atoms with van der Waals surface area (Å²) in [4.78, 5) is 46.7. The molecular formula is C22H8F4N2O10S. The van der Waals surface area contributed by atoms with Crippen molar-refractivity contribution in [3.05, 3.63) is 81.9 Å². The minimum Gasteiger partial charge on any atom is -0.503 e. The number of hydrogen-bond donors (Lipinski definition) is 2. The Morgan fingerprint density at radius 3 is 1.64 bits per heavy atom. The van der Waals surface area contributed by atoms with Crippen LogP contribution in [0.15, 0.2) is 41.3 Å². The predicted molar refractivity (Wildman–Crippen MR) is 112 cm³/mol. The number of carbonyl (C=O) groups excluding carboxylic acids is 4. The van der Waals surface area contributed by atoms with Crippen molar-refractivity contribution in [3.8, 4) is 17.2 Å². The molecule has 0 spiro atoms. The summed E-state index contributed by atoms with van der Waals surface area (Å²) >= 11 is 0. The van der Waals surface area contributed by atoms with Gasteiger partial charge in [0.05, 0.1) is 22.3 Å². The van der Waals surface area contributed by atoms with Gasteiger partial charge in [-0.1, -0.05) is 0 Å². The third kappa shape index (κ3) is 3.78. The molecule has 2 aliphatic heterocycles. The van der Waals surface area contributed by atoms with Crippen LogP contribution in [0.3, 0.4) is 0 Å². The second kappa shape index (κ2) is 8.58. The van der Waals surface area contributed by atoms with E-state index >= 15 is 0 Å². The monoisotopic (exact) mass is 568 g/mol. The number of fused-ring (bicyclic) bond motifs is 2. The van der Waals surface area contributed by atoms with Gasteiger partial charge >= 0.3 is 10.1 Å². The number of aromatic hydroxyl groups is 1. The Morgan fingerprint density at radius 2 is 1.10 bits per heavy atom. The molecule has 4 amide bonds. The maximum Gasteiger partial charge on any atom is 0.324 e. The van der Waals surface area contributed by atoms with Gasteiger partial charge in [-0.15, -0.1) is 14.4 Å². The highest BCUT2D eigenvalue weighted by molar-refractivity contribution is 7.86. The van der Waals surface area contributed by atoms with Gasteiger partial charge in [-0.25, -0.2) is 8.78 Å². The number of amides is 4. The molecule has 2 N–H and O–H groups in total. The summed E-state index contributed by atoms with van der Waals surface area (Å²) in [7, 11) is -5.90. The first kappa shape index (κ1) is 25.8. The normalized spacial score (nSPS) is 14.8. The fraction of sp³-hybridized carbons (Fsp3) is 0. The van der Waals surface area contributed by atoms with Crippen molar-refractivity contribution in [1.29, 1.82) is 0 Å². The summed E-state index contributed by atoms with van der Waals surface area (Å²) in [5.41, 5.74) is -1.29. The van der Waals surface area contributed by atoms with E-state index in [2.05, 4.69) is 4.28 Å². The molecule has 0 unspecified atom stereocenters. The Morgan fingerprint density at radius 1 is 0.667 bits per heavy atom. The Bertz CT molecular complexity index is 1760. The number of ether oxygens (including phenoxy) is 1. The fourth-order valence-electron chi connectivity index (χ4n) is 3.69. The zero-order chi connectivity index (χ0) is 28.5. The van der Waals surface area contributed by atoms with Crippen molar-refractivity contribution in [2.24, 2.45) is 0 Å². The van der Waals surface area contributed by atoms with Gasteiger partial charge in [0.2, 0.25) is 11.6 Å². The number of hydroxylamine groups is 4. The summed E-state index contributed by atoms with van der Waals surface area (Å²) in [6.45, 7) is 0. The van der Waals surface area contributed by atoms with Crippen LogP contribution in [0.2, 0.25) is 0 Å².